The minimum absolute atomic E-state index is 0.740. The Morgan fingerprint density at radius 1 is 1.15 bits per heavy atom. The Bertz CT molecular complexity index is 140. The van der Waals surface area contributed by atoms with Crippen LogP contribution in [0.3, 0.4) is 0 Å². The van der Waals surface area contributed by atoms with Gasteiger partial charge in [-0.05, 0) is 45.6 Å². The molecule has 1 fully saturated rings. The summed E-state index contributed by atoms with van der Waals surface area (Å²) in [6.45, 7) is 10.7. The van der Waals surface area contributed by atoms with Gasteiger partial charge in [-0.3, -0.25) is 4.90 Å². The van der Waals surface area contributed by atoms with Gasteiger partial charge in [0.25, 0.3) is 0 Å². The third-order valence-corrected chi connectivity index (χ3v) is 3.08. The van der Waals surface area contributed by atoms with E-state index in [9.17, 15) is 0 Å². The summed E-state index contributed by atoms with van der Waals surface area (Å²) in [4.78, 5) is 2.70. The third-order valence-electron chi connectivity index (χ3n) is 3.08. The van der Waals surface area contributed by atoms with Crippen molar-refractivity contribution >= 4 is 0 Å². The van der Waals surface area contributed by atoms with Crippen LogP contribution in [0.2, 0.25) is 0 Å². The summed E-state index contributed by atoms with van der Waals surface area (Å²) >= 11 is 0. The molecule has 0 radical (unpaired) electrons. The van der Waals surface area contributed by atoms with E-state index in [0.717, 1.165) is 18.0 Å². The highest BCUT2D eigenvalue weighted by atomic mass is 15.2. The smallest absolute Gasteiger partial charge is 0.0100 e. The minimum atomic E-state index is 0.740. The molecule has 0 spiro atoms. The molecule has 1 saturated heterocycles. The van der Waals surface area contributed by atoms with Crippen LogP contribution in [0.4, 0.5) is 0 Å². The molecule has 1 aliphatic heterocycles. The zero-order valence-electron chi connectivity index (χ0n) is 9.71. The lowest BCUT2D eigenvalue weighted by Crippen LogP contribution is -2.44. The molecule has 1 heteroatoms. The largest absolute Gasteiger partial charge is 0.298 e. The lowest BCUT2D eigenvalue weighted by Gasteiger charge is -2.39. The van der Waals surface area contributed by atoms with Crippen molar-refractivity contribution in [3.8, 4) is 0 Å². The van der Waals surface area contributed by atoms with Crippen LogP contribution in [-0.4, -0.2) is 23.5 Å². The maximum absolute atomic E-state index is 2.70. The van der Waals surface area contributed by atoms with Gasteiger partial charge in [-0.15, -0.1) is 0 Å². The number of likely N-dealkylation sites (tertiary alicyclic amines) is 1. The number of nitrogens with zero attached hydrogens (tertiary/aromatic N) is 1. The van der Waals surface area contributed by atoms with E-state index >= 15 is 0 Å². The fourth-order valence-corrected chi connectivity index (χ4v) is 2.50. The van der Waals surface area contributed by atoms with Crippen LogP contribution >= 0.6 is 0 Å². The van der Waals surface area contributed by atoms with E-state index in [-0.39, 0.29) is 0 Å². The molecule has 1 aliphatic rings. The summed E-state index contributed by atoms with van der Waals surface area (Å²) in [5.41, 5.74) is 0. The maximum Gasteiger partial charge on any atom is 0.0100 e. The summed E-state index contributed by atoms with van der Waals surface area (Å²) in [5, 5.41) is 0. The molecule has 78 valence electrons. The highest BCUT2D eigenvalue weighted by Gasteiger charge is 2.24. The summed E-state index contributed by atoms with van der Waals surface area (Å²) < 4.78 is 0. The van der Waals surface area contributed by atoms with Crippen molar-refractivity contribution in [2.75, 3.05) is 6.54 Å². The van der Waals surface area contributed by atoms with Gasteiger partial charge in [-0.2, -0.15) is 0 Å². The second-order valence-corrected chi connectivity index (χ2v) is 5.11. The second-order valence-electron chi connectivity index (χ2n) is 5.11. The van der Waals surface area contributed by atoms with E-state index in [1.807, 2.05) is 0 Å². The lowest BCUT2D eigenvalue weighted by molar-refractivity contribution is 0.0965. The molecule has 1 nitrogen and oxygen atoms in total. The molecule has 0 N–H and O–H groups in total. The van der Waals surface area contributed by atoms with Crippen molar-refractivity contribution in [3.05, 3.63) is 0 Å². The molecular formula is C12H25N. The third kappa shape index (κ3) is 3.30. The number of hydrogen-bond acceptors (Lipinski definition) is 1. The summed E-state index contributed by atoms with van der Waals surface area (Å²) in [5.74, 6) is 0.851. The van der Waals surface area contributed by atoms with E-state index in [0.29, 0.717) is 0 Å². The monoisotopic (exact) mass is 183 g/mol. The molecule has 1 rings (SSSR count). The van der Waals surface area contributed by atoms with E-state index in [4.69, 9.17) is 0 Å². The first-order chi connectivity index (χ1) is 6.11. The van der Waals surface area contributed by atoms with Crippen LogP contribution < -0.4 is 0 Å². The van der Waals surface area contributed by atoms with Gasteiger partial charge < -0.3 is 0 Å². The first-order valence-corrected chi connectivity index (χ1v) is 5.87. The average Bonchev–Trinajstić information content (AvgIpc) is 2.03. The van der Waals surface area contributed by atoms with Gasteiger partial charge in [-0.1, -0.05) is 20.3 Å². The van der Waals surface area contributed by atoms with Crippen molar-refractivity contribution in [2.45, 2.75) is 65.5 Å². The van der Waals surface area contributed by atoms with E-state index in [2.05, 4.69) is 32.6 Å². The zero-order valence-corrected chi connectivity index (χ0v) is 9.71. The molecule has 1 atom stereocenters. The lowest BCUT2D eigenvalue weighted by atomic mass is 9.93. The van der Waals surface area contributed by atoms with Gasteiger partial charge in [0.05, 0.1) is 0 Å². The fourth-order valence-electron chi connectivity index (χ4n) is 2.50. The molecule has 13 heavy (non-hydrogen) atoms. The Morgan fingerprint density at radius 2 is 1.85 bits per heavy atom. The molecule has 0 aromatic carbocycles. The molecular weight excluding hydrogens is 158 g/mol. The van der Waals surface area contributed by atoms with Gasteiger partial charge in [0.1, 0.15) is 0 Å². The van der Waals surface area contributed by atoms with E-state index < -0.39 is 0 Å². The predicted octanol–water partition coefficient (Wildman–Crippen LogP) is 3.30. The summed E-state index contributed by atoms with van der Waals surface area (Å²) in [6.07, 6.45) is 5.67. The molecule has 1 heterocycles. The fraction of sp³-hybridized carbons (Fsp3) is 1.00. The van der Waals surface area contributed by atoms with Crippen molar-refractivity contribution in [1.29, 1.82) is 0 Å². The Balaban J connectivity index is 2.46. The van der Waals surface area contributed by atoms with Crippen LogP contribution in [0.25, 0.3) is 0 Å². The first-order valence-electron chi connectivity index (χ1n) is 5.87. The van der Waals surface area contributed by atoms with Crippen molar-refractivity contribution < 1.29 is 0 Å². The Labute approximate surface area is 83.5 Å². The Kier molecular flexibility index (Phi) is 4.24. The minimum Gasteiger partial charge on any atom is -0.298 e. The van der Waals surface area contributed by atoms with Crippen LogP contribution in [0.5, 0.6) is 0 Å². The van der Waals surface area contributed by atoms with Gasteiger partial charge in [0, 0.05) is 12.1 Å². The van der Waals surface area contributed by atoms with Crippen LogP contribution in [-0.2, 0) is 0 Å². The quantitative estimate of drug-likeness (QED) is 0.649. The van der Waals surface area contributed by atoms with Gasteiger partial charge in [0.2, 0.25) is 0 Å². The van der Waals surface area contributed by atoms with Crippen LogP contribution in [0, 0.1) is 5.92 Å². The normalized spacial score (nSPS) is 25.8. The van der Waals surface area contributed by atoms with Crippen LogP contribution in [0.15, 0.2) is 0 Å². The highest BCUT2D eigenvalue weighted by Crippen LogP contribution is 2.24. The van der Waals surface area contributed by atoms with Gasteiger partial charge >= 0.3 is 0 Å². The number of rotatable bonds is 3. The van der Waals surface area contributed by atoms with Crippen molar-refractivity contribution in [1.82, 2.24) is 4.90 Å². The second kappa shape index (κ2) is 4.99. The molecule has 0 bridgehead atoms. The Hall–Kier alpha value is -0.0400. The predicted molar refractivity (Wildman–Crippen MR) is 58.9 cm³/mol. The molecule has 0 aliphatic carbocycles. The standard InChI is InChI=1S/C12H25N/c1-10(2)9-12-7-5-6-8-13(12)11(3)4/h10-12H,5-9H2,1-4H3/t12-/m1/s1. The molecule has 0 aromatic rings. The highest BCUT2D eigenvalue weighted by molar-refractivity contribution is 4.79. The van der Waals surface area contributed by atoms with Crippen molar-refractivity contribution in [3.63, 3.8) is 0 Å². The summed E-state index contributed by atoms with van der Waals surface area (Å²) in [6, 6.07) is 1.61. The SMILES string of the molecule is CC(C)C[C@H]1CCCCN1C(C)C. The Morgan fingerprint density at radius 3 is 2.38 bits per heavy atom. The van der Waals surface area contributed by atoms with E-state index in [1.165, 1.54) is 32.2 Å². The molecule has 0 unspecified atom stereocenters. The molecule has 0 saturated carbocycles. The van der Waals surface area contributed by atoms with Gasteiger partial charge in [0.15, 0.2) is 0 Å². The van der Waals surface area contributed by atoms with E-state index in [1.54, 1.807) is 0 Å². The van der Waals surface area contributed by atoms with Crippen molar-refractivity contribution in [2.24, 2.45) is 5.92 Å². The summed E-state index contributed by atoms with van der Waals surface area (Å²) in [7, 11) is 0. The topological polar surface area (TPSA) is 3.24 Å². The van der Waals surface area contributed by atoms with Crippen LogP contribution in [0.1, 0.15) is 53.4 Å². The zero-order chi connectivity index (χ0) is 9.84. The number of hydrogen-bond donors (Lipinski definition) is 0. The molecule has 0 aromatic heterocycles. The van der Waals surface area contributed by atoms with Gasteiger partial charge in [-0.25, -0.2) is 0 Å². The maximum atomic E-state index is 2.70. The number of piperidine rings is 1. The molecule has 0 amide bonds. The first kappa shape index (κ1) is 11.0. The average molecular weight is 183 g/mol.